The number of nitrogens with one attached hydrogen (secondary N) is 2. The van der Waals surface area contributed by atoms with E-state index >= 15 is 0 Å². The van der Waals surface area contributed by atoms with Gasteiger partial charge in [-0.2, -0.15) is 0 Å². The highest BCUT2D eigenvalue weighted by molar-refractivity contribution is 5.94. The zero-order valence-electron chi connectivity index (χ0n) is 11.6. The van der Waals surface area contributed by atoms with Gasteiger partial charge in [-0.3, -0.25) is 9.59 Å². The Bertz CT molecular complexity index is 484. The van der Waals surface area contributed by atoms with Crippen molar-refractivity contribution in [3.8, 4) is 0 Å². The summed E-state index contributed by atoms with van der Waals surface area (Å²) in [5, 5.41) is 15.0. The van der Waals surface area contributed by atoms with Crippen LogP contribution in [0.5, 0.6) is 0 Å². The summed E-state index contributed by atoms with van der Waals surface area (Å²) >= 11 is 0. The number of carboxylic acid groups (broad SMARTS) is 1. The van der Waals surface area contributed by atoms with Crippen LogP contribution in [-0.2, 0) is 4.79 Å². The van der Waals surface area contributed by atoms with Gasteiger partial charge in [-0.05, 0) is 43.5 Å². The molecule has 20 heavy (non-hydrogen) atoms. The van der Waals surface area contributed by atoms with E-state index in [4.69, 9.17) is 5.11 Å². The molecule has 5 nitrogen and oxygen atoms in total. The summed E-state index contributed by atoms with van der Waals surface area (Å²) in [6.07, 6.45) is 3.35. The highest BCUT2D eigenvalue weighted by Crippen LogP contribution is 2.27. The van der Waals surface area contributed by atoms with Crippen molar-refractivity contribution in [3.05, 3.63) is 29.8 Å². The minimum absolute atomic E-state index is 0.111. The first-order valence-electron chi connectivity index (χ1n) is 6.91. The molecular formula is C15H20N2O3. The first kappa shape index (κ1) is 14.4. The molecule has 2 rings (SSSR count). The minimum atomic E-state index is -0.702. The second-order valence-corrected chi connectivity index (χ2v) is 5.20. The topological polar surface area (TPSA) is 78.4 Å². The van der Waals surface area contributed by atoms with Crippen molar-refractivity contribution in [1.29, 1.82) is 0 Å². The number of hydrogen-bond acceptors (Lipinski definition) is 3. The molecule has 1 aliphatic carbocycles. The van der Waals surface area contributed by atoms with Gasteiger partial charge in [0.2, 0.25) is 0 Å². The summed E-state index contributed by atoms with van der Waals surface area (Å²) in [4.78, 5) is 22.5. The molecule has 0 spiro atoms. The molecule has 3 N–H and O–H groups in total. The van der Waals surface area contributed by atoms with E-state index in [1.165, 1.54) is 0 Å². The fourth-order valence-corrected chi connectivity index (χ4v) is 2.64. The fourth-order valence-electron chi connectivity index (χ4n) is 2.64. The Balaban J connectivity index is 1.96. The molecule has 2 unspecified atom stereocenters. The van der Waals surface area contributed by atoms with Crippen molar-refractivity contribution in [2.24, 2.45) is 5.92 Å². The van der Waals surface area contributed by atoms with Crippen LogP contribution in [0.2, 0.25) is 0 Å². The Morgan fingerprint density at radius 1 is 1.20 bits per heavy atom. The maximum atomic E-state index is 11.4. The first-order valence-corrected chi connectivity index (χ1v) is 6.91. The lowest BCUT2D eigenvalue weighted by molar-refractivity contribution is -0.142. The van der Waals surface area contributed by atoms with E-state index in [9.17, 15) is 9.59 Å². The molecule has 1 aromatic rings. The summed E-state index contributed by atoms with van der Waals surface area (Å²) in [7, 11) is 1.60. The maximum Gasteiger partial charge on any atom is 0.306 e. The van der Waals surface area contributed by atoms with Gasteiger partial charge in [-0.1, -0.05) is 6.42 Å². The Labute approximate surface area is 118 Å². The van der Waals surface area contributed by atoms with Crippen LogP contribution in [0.4, 0.5) is 5.69 Å². The molecule has 0 heterocycles. The number of benzene rings is 1. The SMILES string of the molecule is CNC(=O)c1ccc(NC2CCCC(C(=O)O)C2)cc1. The van der Waals surface area contributed by atoms with E-state index in [1.807, 2.05) is 12.1 Å². The van der Waals surface area contributed by atoms with Crippen LogP contribution >= 0.6 is 0 Å². The normalized spacial score (nSPS) is 22.1. The number of hydrogen-bond donors (Lipinski definition) is 3. The zero-order chi connectivity index (χ0) is 14.5. The van der Waals surface area contributed by atoms with Gasteiger partial charge < -0.3 is 15.7 Å². The Morgan fingerprint density at radius 2 is 1.90 bits per heavy atom. The zero-order valence-corrected chi connectivity index (χ0v) is 11.6. The lowest BCUT2D eigenvalue weighted by Gasteiger charge is -2.28. The molecule has 1 fully saturated rings. The molecule has 0 bridgehead atoms. The number of aliphatic carboxylic acids is 1. The highest BCUT2D eigenvalue weighted by Gasteiger charge is 2.26. The van der Waals surface area contributed by atoms with Gasteiger partial charge >= 0.3 is 5.97 Å². The first-order chi connectivity index (χ1) is 9.60. The molecule has 5 heteroatoms. The molecule has 1 aromatic carbocycles. The number of carboxylic acids is 1. The van der Waals surface area contributed by atoms with Gasteiger partial charge in [0.1, 0.15) is 0 Å². The van der Waals surface area contributed by atoms with Crippen molar-refractivity contribution < 1.29 is 14.7 Å². The fraction of sp³-hybridized carbons (Fsp3) is 0.467. The maximum absolute atomic E-state index is 11.4. The Morgan fingerprint density at radius 3 is 2.50 bits per heavy atom. The van der Waals surface area contributed by atoms with Crippen molar-refractivity contribution in [2.45, 2.75) is 31.7 Å². The standard InChI is InChI=1S/C15H20N2O3/c1-16-14(18)10-5-7-12(8-6-10)17-13-4-2-3-11(9-13)15(19)20/h5-8,11,13,17H,2-4,9H2,1H3,(H,16,18)(H,19,20). The molecule has 0 aromatic heterocycles. The van der Waals surface area contributed by atoms with Crippen LogP contribution in [0.1, 0.15) is 36.0 Å². The van der Waals surface area contributed by atoms with Gasteiger partial charge in [0, 0.05) is 24.3 Å². The van der Waals surface area contributed by atoms with E-state index in [0.29, 0.717) is 12.0 Å². The van der Waals surface area contributed by atoms with E-state index < -0.39 is 5.97 Å². The summed E-state index contributed by atoms with van der Waals surface area (Å²) in [6.45, 7) is 0. The second kappa shape index (κ2) is 6.41. The summed E-state index contributed by atoms with van der Waals surface area (Å²) in [5.74, 6) is -1.06. The van der Waals surface area contributed by atoms with Crippen molar-refractivity contribution in [3.63, 3.8) is 0 Å². The molecule has 0 radical (unpaired) electrons. The van der Waals surface area contributed by atoms with Crippen LogP contribution in [-0.4, -0.2) is 30.1 Å². The lowest BCUT2D eigenvalue weighted by atomic mass is 9.85. The quantitative estimate of drug-likeness (QED) is 0.787. The average Bonchev–Trinajstić information content (AvgIpc) is 2.47. The summed E-state index contributed by atoms with van der Waals surface area (Å²) in [5.41, 5.74) is 1.54. The third kappa shape index (κ3) is 3.50. The second-order valence-electron chi connectivity index (χ2n) is 5.20. The molecular weight excluding hydrogens is 256 g/mol. The molecule has 1 amide bonds. The minimum Gasteiger partial charge on any atom is -0.481 e. The van der Waals surface area contributed by atoms with Gasteiger partial charge in [0.25, 0.3) is 5.91 Å². The van der Waals surface area contributed by atoms with Gasteiger partial charge in [0.05, 0.1) is 5.92 Å². The van der Waals surface area contributed by atoms with E-state index in [1.54, 1.807) is 19.2 Å². The van der Waals surface area contributed by atoms with Crippen LogP contribution in [0.3, 0.4) is 0 Å². The van der Waals surface area contributed by atoms with E-state index in [0.717, 1.165) is 24.9 Å². The number of anilines is 1. The predicted octanol–water partition coefficient (Wildman–Crippen LogP) is 2.10. The van der Waals surface area contributed by atoms with Crippen molar-refractivity contribution in [1.82, 2.24) is 5.32 Å². The lowest BCUT2D eigenvalue weighted by Crippen LogP contribution is -2.30. The van der Waals surface area contributed by atoms with Crippen LogP contribution in [0.15, 0.2) is 24.3 Å². The largest absolute Gasteiger partial charge is 0.481 e. The Hall–Kier alpha value is -2.04. The van der Waals surface area contributed by atoms with Crippen molar-refractivity contribution in [2.75, 3.05) is 12.4 Å². The third-order valence-corrected chi connectivity index (χ3v) is 3.77. The molecule has 1 aliphatic rings. The summed E-state index contributed by atoms with van der Waals surface area (Å²) < 4.78 is 0. The predicted molar refractivity (Wildman–Crippen MR) is 76.8 cm³/mol. The molecule has 2 atom stereocenters. The van der Waals surface area contributed by atoms with Gasteiger partial charge in [-0.15, -0.1) is 0 Å². The highest BCUT2D eigenvalue weighted by atomic mass is 16.4. The number of carbonyl (C=O) groups is 2. The smallest absolute Gasteiger partial charge is 0.306 e. The third-order valence-electron chi connectivity index (χ3n) is 3.77. The van der Waals surface area contributed by atoms with Gasteiger partial charge in [-0.25, -0.2) is 0 Å². The molecule has 0 saturated heterocycles. The van der Waals surface area contributed by atoms with Gasteiger partial charge in [0.15, 0.2) is 0 Å². The number of amides is 1. The number of carbonyl (C=O) groups excluding carboxylic acids is 1. The van der Waals surface area contributed by atoms with E-state index in [2.05, 4.69) is 10.6 Å². The molecule has 108 valence electrons. The summed E-state index contributed by atoms with van der Waals surface area (Å²) in [6, 6.07) is 7.43. The average molecular weight is 276 g/mol. The van der Waals surface area contributed by atoms with E-state index in [-0.39, 0.29) is 17.9 Å². The molecule has 1 saturated carbocycles. The molecule has 0 aliphatic heterocycles. The van der Waals surface area contributed by atoms with Crippen molar-refractivity contribution >= 4 is 17.6 Å². The Kier molecular flexibility index (Phi) is 4.61. The number of rotatable bonds is 4. The van der Waals surface area contributed by atoms with Crippen LogP contribution in [0, 0.1) is 5.92 Å². The van der Waals surface area contributed by atoms with Crippen LogP contribution in [0.25, 0.3) is 0 Å². The van der Waals surface area contributed by atoms with Crippen LogP contribution < -0.4 is 10.6 Å². The monoisotopic (exact) mass is 276 g/mol.